The molecule has 11 heavy (non-hydrogen) atoms. The lowest BCUT2D eigenvalue weighted by Crippen LogP contribution is -2.24. The highest BCUT2D eigenvalue weighted by Crippen LogP contribution is 2.50. The summed E-state index contributed by atoms with van der Waals surface area (Å²) in [4.78, 5) is 0. The minimum atomic E-state index is 0.311. The maximum absolute atomic E-state index is 5.65. The average molecular weight is 154 g/mol. The summed E-state index contributed by atoms with van der Waals surface area (Å²) in [7, 11) is 0. The van der Waals surface area contributed by atoms with Crippen molar-refractivity contribution >= 4 is 0 Å². The van der Waals surface area contributed by atoms with Crippen molar-refractivity contribution in [1.82, 2.24) is 0 Å². The van der Waals surface area contributed by atoms with Crippen molar-refractivity contribution in [3.63, 3.8) is 0 Å². The molecule has 1 saturated carbocycles. The van der Waals surface area contributed by atoms with Gasteiger partial charge in [0.15, 0.2) is 0 Å². The lowest BCUT2D eigenvalue weighted by atomic mass is 9.78. The van der Waals surface area contributed by atoms with Crippen LogP contribution in [0.2, 0.25) is 0 Å². The van der Waals surface area contributed by atoms with E-state index in [1.165, 1.54) is 19.3 Å². The molecule has 3 atom stereocenters. The van der Waals surface area contributed by atoms with E-state index in [1.54, 1.807) is 0 Å². The van der Waals surface area contributed by atoms with Gasteiger partial charge in [-0.3, -0.25) is 0 Å². The van der Waals surface area contributed by atoms with E-state index in [1.807, 2.05) is 0 Å². The van der Waals surface area contributed by atoms with Gasteiger partial charge in [0.1, 0.15) is 0 Å². The number of hydrogen-bond acceptors (Lipinski definition) is 1. The van der Waals surface area contributed by atoms with Gasteiger partial charge in [0.25, 0.3) is 0 Å². The molecule has 1 heterocycles. The fourth-order valence-corrected chi connectivity index (χ4v) is 2.28. The lowest BCUT2D eigenvalue weighted by molar-refractivity contribution is 0.275. The number of fused-ring (bicyclic) bond motifs is 1. The molecule has 0 bridgehead atoms. The largest absolute Gasteiger partial charge is 0.366 e. The van der Waals surface area contributed by atoms with Crippen molar-refractivity contribution in [2.45, 2.75) is 51.7 Å². The highest BCUT2D eigenvalue weighted by atomic mass is 16.6. The van der Waals surface area contributed by atoms with E-state index >= 15 is 0 Å². The van der Waals surface area contributed by atoms with Crippen LogP contribution in [0.15, 0.2) is 0 Å². The maximum Gasteiger partial charge on any atom is 0.0920 e. The molecule has 0 aromatic heterocycles. The topological polar surface area (TPSA) is 12.5 Å². The molecule has 2 fully saturated rings. The second-order valence-corrected chi connectivity index (χ2v) is 4.70. The molecule has 0 radical (unpaired) electrons. The number of rotatable bonds is 1. The first-order valence-corrected chi connectivity index (χ1v) is 4.79. The van der Waals surface area contributed by atoms with Gasteiger partial charge in [0.05, 0.1) is 11.7 Å². The maximum atomic E-state index is 5.65. The second kappa shape index (κ2) is 2.22. The summed E-state index contributed by atoms with van der Waals surface area (Å²) in [5, 5.41) is 0. The van der Waals surface area contributed by atoms with Gasteiger partial charge in [0, 0.05) is 0 Å². The van der Waals surface area contributed by atoms with Crippen LogP contribution in [0.25, 0.3) is 0 Å². The Morgan fingerprint density at radius 3 is 2.73 bits per heavy atom. The Balaban J connectivity index is 1.93. The Bertz CT molecular complexity index is 164. The van der Waals surface area contributed by atoms with Crippen LogP contribution in [0, 0.1) is 11.8 Å². The quantitative estimate of drug-likeness (QED) is 0.529. The fraction of sp³-hybridized carbons (Fsp3) is 1.00. The summed E-state index contributed by atoms with van der Waals surface area (Å²) >= 11 is 0. The molecule has 0 aromatic carbocycles. The molecule has 1 aliphatic heterocycles. The molecule has 2 aliphatic rings. The van der Waals surface area contributed by atoms with Crippen molar-refractivity contribution in [1.29, 1.82) is 0 Å². The van der Waals surface area contributed by atoms with Crippen LogP contribution >= 0.6 is 0 Å². The Labute approximate surface area is 69.1 Å². The number of hydrogen-bond donors (Lipinski definition) is 0. The minimum absolute atomic E-state index is 0.311. The van der Waals surface area contributed by atoms with Crippen molar-refractivity contribution in [2.24, 2.45) is 11.8 Å². The SMILES string of the molecule is CC(C)C1CC[C@]2(C)OC2C1. The van der Waals surface area contributed by atoms with E-state index in [9.17, 15) is 0 Å². The first kappa shape index (κ1) is 7.60. The molecule has 64 valence electrons. The van der Waals surface area contributed by atoms with Gasteiger partial charge in [-0.15, -0.1) is 0 Å². The van der Waals surface area contributed by atoms with Crippen molar-refractivity contribution in [3.8, 4) is 0 Å². The molecule has 0 aromatic rings. The predicted octanol–water partition coefficient (Wildman–Crippen LogP) is 2.60. The van der Waals surface area contributed by atoms with Crippen molar-refractivity contribution in [3.05, 3.63) is 0 Å². The van der Waals surface area contributed by atoms with Gasteiger partial charge in [0.2, 0.25) is 0 Å². The molecule has 0 amide bonds. The molecule has 0 spiro atoms. The van der Waals surface area contributed by atoms with Crippen LogP contribution in [0.1, 0.15) is 40.0 Å². The van der Waals surface area contributed by atoms with E-state index in [0.717, 1.165) is 11.8 Å². The fourth-order valence-electron chi connectivity index (χ4n) is 2.28. The zero-order valence-electron chi connectivity index (χ0n) is 7.76. The summed E-state index contributed by atoms with van der Waals surface area (Å²) in [5.74, 6) is 1.78. The molecule has 1 heteroatoms. The van der Waals surface area contributed by atoms with Crippen LogP contribution in [0.4, 0.5) is 0 Å². The van der Waals surface area contributed by atoms with Gasteiger partial charge in [-0.2, -0.15) is 0 Å². The average Bonchev–Trinajstić information content (AvgIpc) is 2.58. The first-order chi connectivity index (χ1) is 5.12. The first-order valence-electron chi connectivity index (χ1n) is 4.79. The molecule has 0 N–H and O–H groups in total. The van der Waals surface area contributed by atoms with Crippen molar-refractivity contribution < 1.29 is 4.74 Å². The second-order valence-electron chi connectivity index (χ2n) is 4.70. The Morgan fingerprint density at radius 2 is 2.18 bits per heavy atom. The molecular weight excluding hydrogens is 136 g/mol. The Hall–Kier alpha value is -0.0400. The third-order valence-electron chi connectivity index (χ3n) is 3.51. The van der Waals surface area contributed by atoms with Crippen LogP contribution in [-0.4, -0.2) is 11.7 Å². The molecule has 2 rings (SSSR count). The Morgan fingerprint density at radius 1 is 1.45 bits per heavy atom. The van der Waals surface area contributed by atoms with Gasteiger partial charge in [-0.25, -0.2) is 0 Å². The molecule has 1 saturated heterocycles. The highest BCUT2D eigenvalue weighted by Gasteiger charge is 2.55. The summed E-state index contributed by atoms with van der Waals surface area (Å²) in [5.41, 5.74) is 0.311. The van der Waals surface area contributed by atoms with Crippen molar-refractivity contribution in [2.75, 3.05) is 0 Å². The van der Waals surface area contributed by atoms with E-state index in [2.05, 4.69) is 20.8 Å². The van der Waals surface area contributed by atoms with E-state index in [0.29, 0.717) is 11.7 Å². The van der Waals surface area contributed by atoms with Crippen LogP contribution in [0.3, 0.4) is 0 Å². The van der Waals surface area contributed by atoms with E-state index in [4.69, 9.17) is 4.74 Å². The van der Waals surface area contributed by atoms with E-state index < -0.39 is 0 Å². The van der Waals surface area contributed by atoms with Gasteiger partial charge in [-0.05, 0) is 38.0 Å². The standard InChI is InChI=1S/C10H18O/c1-7(2)8-4-5-10(3)9(6-8)11-10/h7-9H,4-6H2,1-3H3/t8?,9?,10-/m0/s1. The smallest absolute Gasteiger partial charge is 0.0920 e. The third kappa shape index (κ3) is 1.20. The molecule has 1 aliphatic carbocycles. The van der Waals surface area contributed by atoms with Gasteiger partial charge in [-0.1, -0.05) is 13.8 Å². The van der Waals surface area contributed by atoms with Crippen LogP contribution in [0.5, 0.6) is 0 Å². The number of epoxide rings is 1. The summed E-state index contributed by atoms with van der Waals surface area (Å²) in [6.07, 6.45) is 4.60. The van der Waals surface area contributed by atoms with Gasteiger partial charge >= 0.3 is 0 Å². The zero-order valence-corrected chi connectivity index (χ0v) is 7.76. The monoisotopic (exact) mass is 154 g/mol. The lowest BCUT2D eigenvalue weighted by Gasteiger charge is -2.25. The zero-order chi connectivity index (χ0) is 8.06. The predicted molar refractivity (Wildman–Crippen MR) is 45.5 cm³/mol. The van der Waals surface area contributed by atoms with E-state index in [-0.39, 0.29) is 0 Å². The van der Waals surface area contributed by atoms with Gasteiger partial charge < -0.3 is 4.74 Å². The highest BCUT2D eigenvalue weighted by molar-refractivity contribution is 5.03. The summed E-state index contributed by atoms with van der Waals surface area (Å²) in [6, 6.07) is 0. The van der Waals surface area contributed by atoms with Crippen LogP contribution in [-0.2, 0) is 4.74 Å². The number of ether oxygens (including phenoxy) is 1. The normalized spacial score (nSPS) is 49.1. The summed E-state index contributed by atoms with van der Waals surface area (Å²) in [6.45, 7) is 6.92. The third-order valence-corrected chi connectivity index (χ3v) is 3.51. The summed E-state index contributed by atoms with van der Waals surface area (Å²) < 4.78 is 5.65. The molecular formula is C10H18O. The minimum Gasteiger partial charge on any atom is -0.366 e. The molecule has 1 nitrogen and oxygen atoms in total. The molecule has 2 unspecified atom stereocenters. The Kier molecular flexibility index (Phi) is 1.54. The van der Waals surface area contributed by atoms with Crippen LogP contribution < -0.4 is 0 Å².